The van der Waals surface area contributed by atoms with Crippen molar-refractivity contribution in [1.82, 2.24) is 5.32 Å². The van der Waals surface area contributed by atoms with Crippen molar-refractivity contribution in [2.75, 3.05) is 0 Å². The summed E-state index contributed by atoms with van der Waals surface area (Å²) in [5.74, 6) is -3.90. The lowest BCUT2D eigenvalue weighted by Gasteiger charge is -2.14. The quantitative estimate of drug-likeness (QED) is 0.750. The van der Waals surface area contributed by atoms with E-state index >= 15 is 0 Å². The van der Waals surface area contributed by atoms with Crippen molar-refractivity contribution in [2.24, 2.45) is 0 Å². The molecule has 0 saturated carbocycles. The van der Waals surface area contributed by atoms with E-state index in [-0.39, 0.29) is 12.2 Å². The van der Waals surface area contributed by atoms with Gasteiger partial charge in [0.15, 0.2) is 0 Å². The number of halogens is 1. The minimum atomic E-state index is -1.52. The predicted molar refractivity (Wildman–Crippen MR) is 86.1 cm³/mol. The van der Waals surface area contributed by atoms with Crippen molar-refractivity contribution >= 4 is 17.8 Å². The molecule has 0 saturated heterocycles. The Labute approximate surface area is 143 Å². The highest BCUT2D eigenvalue weighted by Crippen LogP contribution is 2.08. The van der Waals surface area contributed by atoms with E-state index in [2.05, 4.69) is 5.32 Å². The van der Waals surface area contributed by atoms with Crippen LogP contribution in [0, 0.1) is 5.82 Å². The number of hydrogen-bond acceptors (Lipinski definition) is 4. The summed E-state index contributed by atoms with van der Waals surface area (Å²) in [7, 11) is 0. The van der Waals surface area contributed by atoms with Crippen LogP contribution in [0.3, 0.4) is 0 Å². The highest BCUT2D eigenvalue weighted by molar-refractivity contribution is 5.97. The zero-order chi connectivity index (χ0) is 18.2. The molecule has 0 heterocycles. The fourth-order valence-electron chi connectivity index (χ4n) is 2.05. The van der Waals surface area contributed by atoms with Gasteiger partial charge in [-0.15, -0.1) is 0 Å². The maximum absolute atomic E-state index is 13.6. The van der Waals surface area contributed by atoms with Gasteiger partial charge in [-0.05, 0) is 17.7 Å². The van der Waals surface area contributed by atoms with Crippen LogP contribution in [0.1, 0.15) is 22.3 Å². The number of nitrogens with one attached hydrogen (secondary N) is 1. The Morgan fingerprint density at radius 3 is 2.32 bits per heavy atom. The Morgan fingerprint density at radius 1 is 1.04 bits per heavy atom. The molecule has 0 spiro atoms. The molecule has 0 aliphatic carbocycles. The minimum Gasteiger partial charge on any atom is -0.480 e. The van der Waals surface area contributed by atoms with Gasteiger partial charge in [0.05, 0.1) is 12.0 Å². The van der Waals surface area contributed by atoms with E-state index in [9.17, 15) is 18.8 Å². The molecule has 0 aliphatic rings. The first-order chi connectivity index (χ1) is 12.0. The normalized spacial score (nSPS) is 11.4. The monoisotopic (exact) mass is 345 g/mol. The number of hydrogen-bond donors (Lipinski definition) is 2. The highest BCUT2D eigenvalue weighted by Gasteiger charge is 2.25. The number of carbonyl (C=O) groups is 3. The van der Waals surface area contributed by atoms with E-state index in [1.165, 1.54) is 18.2 Å². The van der Waals surface area contributed by atoms with Gasteiger partial charge in [0.25, 0.3) is 5.91 Å². The molecule has 7 heteroatoms. The van der Waals surface area contributed by atoms with Gasteiger partial charge in [0, 0.05) is 0 Å². The van der Waals surface area contributed by atoms with Crippen LogP contribution in [0.15, 0.2) is 54.6 Å². The molecule has 0 aromatic heterocycles. The van der Waals surface area contributed by atoms with Crippen LogP contribution in [0.25, 0.3) is 0 Å². The number of esters is 1. The van der Waals surface area contributed by atoms with E-state index in [1.807, 2.05) is 6.07 Å². The maximum Gasteiger partial charge on any atom is 0.326 e. The number of amides is 1. The highest BCUT2D eigenvalue weighted by atomic mass is 19.1. The van der Waals surface area contributed by atoms with Gasteiger partial charge >= 0.3 is 11.9 Å². The summed E-state index contributed by atoms with van der Waals surface area (Å²) in [5, 5.41) is 11.3. The summed E-state index contributed by atoms with van der Waals surface area (Å²) < 4.78 is 18.6. The third-order valence-corrected chi connectivity index (χ3v) is 3.34. The van der Waals surface area contributed by atoms with Gasteiger partial charge in [-0.2, -0.15) is 0 Å². The zero-order valence-electron chi connectivity index (χ0n) is 13.1. The number of carboxylic acids is 1. The fraction of sp³-hybridized carbons (Fsp3) is 0.167. The molecular formula is C18H16FNO5. The van der Waals surface area contributed by atoms with Crippen molar-refractivity contribution < 1.29 is 28.6 Å². The number of rotatable bonds is 7. The predicted octanol–water partition coefficient (Wildman–Crippen LogP) is 2.14. The first-order valence-corrected chi connectivity index (χ1v) is 7.45. The molecule has 130 valence electrons. The van der Waals surface area contributed by atoms with Gasteiger partial charge in [-0.25, -0.2) is 9.18 Å². The first kappa shape index (κ1) is 18.1. The Balaban J connectivity index is 1.94. The van der Waals surface area contributed by atoms with Gasteiger partial charge in [0.1, 0.15) is 18.5 Å². The molecule has 6 nitrogen and oxygen atoms in total. The van der Waals surface area contributed by atoms with Crippen molar-refractivity contribution in [1.29, 1.82) is 0 Å². The van der Waals surface area contributed by atoms with Crippen LogP contribution in [0.4, 0.5) is 4.39 Å². The maximum atomic E-state index is 13.6. The molecule has 1 atom stereocenters. The standard InChI is InChI=1S/C18H16FNO5/c19-14-9-5-4-8-13(14)17(22)20-15(18(23)24)10-16(21)25-11-12-6-2-1-3-7-12/h1-9,15H,10-11H2,(H,20,22)(H,23,24)/t15-/m0/s1. The Morgan fingerprint density at radius 2 is 1.68 bits per heavy atom. The van der Waals surface area contributed by atoms with Crippen molar-refractivity contribution in [2.45, 2.75) is 19.1 Å². The van der Waals surface area contributed by atoms with Crippen LogP contribution in [-0.2, 0) is 20.9 Å². The molecule has 2 aromatic rings. The molecular weight excluding hydrogens is 329 g/mol. The van der Waals surface area contributed by atoms with Crippen molar-refractivity contribution in [3.8, 4) is 0 Å². The van der Waals surface area contributed by atoms with Crippen molar-refractivity contribution in [3.05, 3.63) is 71.5 Å². The van der Waals surface area contributed by atoms with E-state index < -0.39 is 36.1 Å². The lowest BCUT2D eigenvalue weighted by atomic mass is 10.1. The first-order valence-electron chi connectivity index (χ1n) is 7.45. The van der Waals surface area contributed by atoms with E-state index in [4.69, 9.17) is 9.84 Å². The molecule has 2 rings (SSSR count). The van der Waals surface area contributed by atoms with Crippen LogP contribution in [0.2, 0.25) is 0 Å². The molecule has 2 N–H and O–H groups in total. The fourth-order valence-corrected chi connectivity index (χ4v) is 2.05. The molecule has 0 radical (unpaired) electrons. The Kier molecular flexibility index (Phi) is 6.22. The van der Waals surface area contributed by atoms with E-state index in [1.54, 1.807) is 24.3 Å². The summed E-state index contributed by atoms with van der Waals surface area (Å²) in [6.07, 6.45) is -0.567. The lowest BCUT2D eigenvalue weighted by Crippen LogP contribution is -2.42. The second-order valence-electron chi connectivity index (χ2n) is 5.19. The summed E-state index contributed by atoms with van der Waals surface area (Å²) >= 11 is 0. The summed E-state index contributed by atoms with van der Waals surface area (Å²) in [4.78, 5) is 35.0. The third kappa shape index (κ3) is 5.42. The topological polar surface area (TPSA) is 92.7 Å². The molecule has 0 fully saturated rings. The average molecular weight is 345 g/mol. The van der Waals surface area contributed by atoms with Gasteiger partial charge in [-0.1, -0.05) is 42.5 Å². The molecule has 0 unspecified atom stereocenters. The van der Waals surface area contributed by atoms with Crippen LogP contribution >= 0.6 is 0 Å². The Bertz CT molecular complexity index is 763. The number of carbonyl (C=O) groups excluding carboxylic acids is 2. The lowest BCUT2D eigenvalue weighted by molar-refractivity contribution is -0.150. The third-order valence-electron chi connectivity index (χ3n) is 3.34. The number of aliphatic carboxylic acids is 1. The molecule has 1 amide bonds. The second-order valence-corrected chi connectivity index (χ2v) is 5.19. The smallest absolute Gasteiger partial charge is 0.326 e. The number of ether oxygens (including phenoxy) is 1. The minimum absolute atomic E-state index is 0.00667. The molecule has 0 aliphatic heterocycles. The number of benzene rings is 2. The van der Waals surface area contributed by atoms with Crippen LogP contribution in [0.5, 0.6) is 0 Å². The van der Waals surface area contributed by atoms with Crippen LogP contribution < -0.4 is 5.32 Å². The number of carboxylic acid groups (broad SMARTS) is 1. The summed E-state index contributed by atoms with van der Waals surface area (Å²) in [6.45, 7) is -0.00667. The molecule has 25 heavy (non-hydrogen) atoms. The van der Waals surface area contributed by atoms with Gasteiger partial charge in [-0.3, -0.25) is 9.59 Å². The molecule has 2 aromatic carbocycles. The summed E-state index contributed by atoms with van der Waals surface area (Å²) in [6, 6.07) is 12.5. The van der Waals surface area contributed by atoms with Gasteiger partial charge < -0.3 is 15.2 Å². The van der Waals surface area contributed by atoms with Gasteiger partial charge in [0.2, 0.25) is 0 Å². The molecule has 0 bridgehead atoms. The average Bonchev–Trinajstić information content (AvgIpc) is 2.60. The van der Waals surface area contributed by atoms with Crippen LogP contribution in [-0.4, -0.2) is 29.0 Å². The van der Waals surface area contributed by atoms with E-state index in [0.29, 0.717) is 0 Å². The van der Waals surface area contributed by atoms with E-state index in [0.717, 1.165) is 11.6 Å². The largest absolute Gasteiger partial charge is 0.480 e. The Hall–Kier alpha value is -3.22. The zero-order valence-corrected chi connectivity index (χ0v) is 13.1. The second kappa shape index (κ2) is 8.58. The SMILES string of the molecule is O=C(C[C@H](NC(=O)c1ccccc1F)C(=O)O)OCc1ccccc1. The summed E-state index contributed by atoms with van der Waals surface area (Å²) in [5.41, 5.74) is 0.449. The van der Waals surface area contributed by atoms with Crippen molar-refractivity contribution in [3.63, 3.8) is 0 Å².